The molecule has 0 bridgehead atoms. The van der Waals surface area contributed by atoms with Crippen LogP contribution in [0.3, 0.4) is 0 Å². The molecule has 1 aliphatic heterocycles. The summed E-state index contributed by atoms with van der Waals surface area (Å²) in [6, 6.07) is 19.4. The van der Waals surface area contributed by atoms with E-state index >= 15 is 0 Å². The van der Waals surface area contributed by atoms with Gasteiger partial charge >= 0.3 is 5.97 Å². The SMILES string of the molecule is CCc1ccc(C2C(C#N)=C(N)Oc3cc(OC(=O)c4oc5cc(C)cc(C)c5c4C)ccc32)cc1. The highest BCUT2D eigenvalue weighted by atomic mass is 16.5. The Morgan fingerprint density at radius 1 is 1.08 bits per heavy atom. The topological polar surface area (TPSA) is 98.5 Å². The second-order valence-electron chi connectivity index (χ2n) is 9.12. The first kappa shape index (κ1) is 23.3. The van der Waals surface area contributed by atoms with Gasteiger partial charge in [0.2, 0.25) is 11.6 Å². The number of fused-ring (bicyclic) bond motifs is 2. The highest BCUT2D eigenvalue weighted by molar-refractivity contribution is 5.98. The summed E-state index contributed by atoms with van der Waals surface area (Å²) >= 11 is 0. The van der Waals surface area contributed by atoms with Gasteiger partial charge in [-0.05, 0) is 61.6 Å². The van der Waals surface area contributed by atoms with Crippen LogP contribution in [0.2, 0.25) is 0 Å². The molecular weight excluding hydrogens is 452 g/mol. The van der Waals surface area contributed by atoms with Crippen LogP contribution in [0.1, 0.15) is 56.8 Å². The number of hydrogen-bond donors (Lipinski definition) is 1. The molecule has 6 nitrogen and oxygen atoms in total. The third kappa shape index (κ3) is 3.89. The molecule has 2 N–H and O–H groups in total. The molecule has 3 aromatic carbocycles. The quantitative estimate of drug-likeness (QED) is 0.271. The maximum atomic E-state index is 13.0. The first-order valence-electron chi connectivity index (χ1n) is 11.8. The van der Waals surface area contributed by atoms with Gasteiger partial charge in [-0.3, -0.25) is 0 Å². The number of carbonyl (C=O) groups is 1. The summed E-state index contributed by atoms with van der Waals surface area (Å²) in [4.78, 5) is 13.0. The monoisotopic (exact) mass is 478 g/mol. The van der Waals surface area contributed by atoms with Crippen molar-refractivity contribution in [2.45, 2.75) is 40.0 Å². The minimum Gasteiger partial charge on any atom is -0.449 e. The van der Waals surface area contributed by atoms with Gasteiger partial charge in [-0.1, -0.05) is 43.3 Å². The molecule has 0 saturated heterocycles. The summed E-state index contributed by atoms with van der Waals surface area (Å²) in [5, 5.41) is 10.7. The van der Waals surface area contributed by atoms with E-state index in [2.05, 4.69) is 19.1 Å². The third-order valence-electron chi connectivity index (χ3n) is 6.68. The number of hydrogen-bond acceptors (Lipinski definition) is 6. The minimum atomic E-state index is -0.593. The van der Waals surface area contributed by atoms with Gasteiger partial charge < -0.3 is 19.6 Å². The average Bonchev–Trinajstić information content (AvgIpc) is 3.19. The van der Waals surface area contributed by atoms with Gasteiger partial charge in [0.25, 0.3) is 0 Å². The van der Waals surface area contributed by atoms with Crippen molar-refractivity contribution in [1.82, 2.24) is 0 Å². The molecular formula is C30H26N2O4. The molecule has 180 valence electrons. The van der Waals surface area contributed by atoms with Crippen LogP contribution in [0.4, 0.5) is 0 Å². The van der Waals surface area contributed by atoms with E-state index in [1.54, 1.807) is 18.2 Å². The number of allylic oxidation sites excluding steroid dienone is 1. The largest absolute Gasteiger partial charge is 0.449 e. The van der Waals surface area contributed by atoms with E-state index in [0.717, 1.165) is 39.6 Å². The molecule has 1 atom stereocenters. The Morgan fingerprint density at radius 3 is 2.53 bits per heavy atom. The summed E-state index contributed by atoms with van der Waals surface area (Å²) in [6.07, 6.45) is 0.923. The van der Waals surface area contributed by atoms with Crippen LogP contribution in [-0.4, -0.2) is 5.97 Å². The van der Waals surface area contributed by atoms with Gasteiger partial charge in [0.1, 0.15) is 28.7 Å². The lowest BCUT2D eigenvalue weighted by molar-refractivity contribution is 0.0702. The van der Waals surface area contributed by atoms with E-state index in [9.17, 15) is 10.1 Å². The number of ether oxygens (including phenoxy) is 2. The van der Waals surface area contributed by atoms with Gasteiger partial charge in [0.15, 0.2) is 0 Å². The fraction of sp³-hybridized carbons (Fsp3) is 0.200. The lowest BCUT2D eigenvalue weighted by Gasteiger charge is -2.26. The molecule has 1 aliphatic rings. The Bertz CT molecular complexity index is 1590. The molecule has 6 heteroatoms. The number of benzene rings is 3. The van der Waals surface area contributed by atoms with Crippen molar-refractivity contribution in [3.63, 3.8) is 0 Å². The Balaban J connectivity index is 1.49. The molecule has 0 fully saturated rings. The van der Waals surface area contributed by atoms with E-state index in [-0.39, 0.29) is 17.6 Å². The number of furan rings is 1. The van der Waals surface area contributed by atoms with Gasteiger partial charge in [0.05, 0.1) is 5.92 Å². The second-order valence-corrected chi connectivity index (χ2v) is 9.12. The number of rotatable bonds is 4. The molecule has 1 unspecified atom stereocenters. The van der Waals surface area contributed by atoms with Gasteiger partial charge in [-0.25, -0.2) is 4.79 Å². The molecule has 4 aromatic rings. The molecule has 0 radical (unpaired) electrons. The number of nitriles is 1. The van der Waals surface area contributed by atoms with Gasteiger partial charge in [-0.15, -0.1) is 0 Å². The maximum absolute atomic E-state index is 13.0. The summed E-state index contributed by atoms with van der Waals surface area (Å²) in [5.74, 6) is -0.0360. The smallest absolute Gasteiger partial charge is 0.379 e. The van der Waals surface area contributed by atoms with Crippen LogP contribution in [0.5, 0.6) is 11.5 Å². The number of esters is 1. The van der Waals surface area contributed by atoms with E-state index in [1.807, 2.05) is 51.1 Å². The number of nitrogens with zero attached hydrogens (tertiary/aromatic N) is 1. The van der Waals surface area contributed by atoms with Crippen molar-refractivity contribution in [3.8, 4) is 17.6 Å². The molecule has 0 amide bonds. The van der Waals surface area contributed by atoms with E-state index in [0.29, 0.717) is 22.7 Å². The van der Waals surface area contributed by atoms with Crippen molar-refractivity contribution in [2.75, 3.05) is 0 Å². The molecule has 0 aliphatic carbocycles. The predicted molar refractivity (Wildman–Crippen MR) is 137 cm³/mol. The number of aryl methyl sites for hydroxylation is 4. The van der Waals surface area contributed by atoms with Crippen molar-refractivity contribution in [2.24, 2.45) is 5.73 Å². The average molecular weight is 479 g/mol. The van der Waals surface area contributed by atoms with Crippen LogP contribution < -0.4 is 15.2 Å². The van der Waals surface area contributed by atoms with Crippen molar-refractivity contribution >= 4 is 16.9 Å². The molecule has 0 saturated carbocycles. The van der Waals surface area contributed by atoms with Crippen molar-refractivity contribution in [1.29, 1.82) is 5.26 Å². The maximum Gasteiger partial charge on any atom is 0.379 e. The standard InChI is InChI=1S/C30H26N2O4/c1-5-19-6-8-20(9-7-19)27-22-11-10-21(14-24(22)36-29(32)23(27)15-31)34-30(33)28-18(4)26-17(3)12-16(2)13-25(26)35-28/h6-14,27H,5,32H2,1-4H3. The van der Waals surface area contributed by atoms with Crippen molar-refractivity contribution in [3.05, 3.63) is 105 Å². The fourth-order valence-electron chi connectivity index (χ4n) is 4.93. The van der Waals surface area contributed by atoms with E-state index in [1.165, 1.54) is 5.56 Å². The first-order chi connectivity index (χ1) is 17.3. The summed E-state index contributed by atoms with van der Waals surface area (Å²) < 4.78 is 17.3. The Morgan fingerprint density at radius 2 is 1.83 bits per heavy atom. The number of nitrogens with two attached hydrogens (primary N) is 1. The van der Waals surface area contributed by atoms with Gasteiger partial charge in [-0.2, -0.15) is 5.26 Å². The fourth-order valence-corrected chi connectivity index (χ4v) is 4.93. The first-order valence-corrected chi connectivity index (χ1v) is 11.8. The zero-order valence-corrected chi connectivity index (χ0v) is 20.6. The predicted octanol–water partition coefficient (Wildman–Crippen LogP) is 6.36. The summed E-state index contributed by atoms with van der Waals surface area (Å²) in [7, 11) is 0. The summed E-state index contributed by atoms with van der Waals surface area (Å²) in [5.41, 5.74) is 12.9. The van der Waals surface area contributed by atoms with Crippen LogP contribution in [0, 0.1) is 32.1 Å². The van der Waals surface area contributed by atoms with E-state index < -0.39 is 5.97 Å². The highest BCUT2D eigenvalue weighted by Crippen LogP contribution is 2.43. The Labute approximate surface area is 209 Å². The Kier molecular flexibility index (Phi) is 5.77. The molecule has 2 heterocycles. The van der Waals surface area contributed by atoms with Crippen LogP contribution in [0.15, 0.2) is 70.5 Å². The zero-order chi connectivity index (χ0) is 25.6. The third-order valence-corrected chi connectivity index (χ3v) is 6.68. The highest BCUT2D eigenvalue weighted by Gasteiger charge is 2.31. The summed E-state index contributed by atoms with van der Waals surface area (Å²) in [6.45, 7) is 7.92. The minimum absolute atomic E-state index is 0.0389. The number of carbonyl (C=O) groups excluding carboxylic acids is 1. The van der Waals surface area contributed by atoms with Crippen LogP contribution in [-0.2, 0) is 6.42 Å². The Hall–Kier alpha value is -4.50. The van der Waals surface area contributed by atoms with Crippen LogP contribution >= 0.6 is 0 Å². The normalized spacial score (nSPS) is 14.8. The van der Waals surface area contributed by atoms with Crippen LogP contribution in [0.25, 0.3) is 11.0 Å². The molecule has 0 spiro atoms. The lowest BCUT2D eigenvalue weighted by atomic mass is 9.83. The second kappa shape index (κ2) is 8.94. The molecule has 36 heavy (non-hydrogen) atoms. The molecule has 5 rings (SSSR count). The van der Waals surface area contributed by atoms with E-state index in [4.69, 9.17) is 19.6 Å². The van der Waals surface area contributed by atoms with Crippen molar-refractivity contribution < 1.29 is 18.7 Å². The van der Waals surface area contributed by atoms with Gasteiger partial charge in [0, 0.05) is 22.6 Å². The zero-order valence-electron chi connectivity index (χ0n) is 20.6. The molecule has 1 aromatic heterocycles. The lowest BCUT2D eigenvalue weighted by Crippen LogP contribution is -2.21.